The summed E-state index contributed by atoms with van der Waals surface area (Å²) in [6.07, 6.45) is 0. The van der Waals surface area contributed by atoms with E-state index in [4.69, 9.17) is 11.6 Å². The number of amides is 1. The van der Waals surface area contributed by atoms with Crippen molar-refractivity contribution in [3.05, 3.63) is 88.7 Å². The first kappa shape index (κ1) is 19.9. The highest BCUT2D eigenvalue weighted by Gasteiger charge is 2.20. The fraction of sp³-hybridized carbons (Fsp3) is 0.0500. The molecule has 8 heteroatoms. The minimum atomic E-state index is -4.00. The number of carbonyl (C=O) groups excluding carboxylic acids is 1. The van der Waals surface area contributed by atoms with Gasteiger partial charge in [-0.1, -0.05) is 29.3 Å². The number of hydrogen-bond acceptors (Lipinski definition) is 3. The Bertz CT molecular complexity index is 1120. The van der Waals surface area contributed by atoms with Crippen molar-refractivity contribution < 1.29 is 17.6 Å². The van der Waals surface area contributed by atoms with Gasteiger partial charge in [-0.3, -0.25) is 9.52 Å². The molecule has 1 amide bonds. The molecule has 0 aliphatic heterocycles. The maximum absolute atomic E-state index is 13.0. The van der Waals surface area contributed by atoms with E-state index in [2.05, 4.69) is 10.0 Å². The molecule has 2 N–H and O–H groups in total. The molecule has 28 heavy (non-hydrogen) atoms. The maximum atomic E-state index is 13.0. The monoisotopic (exact) mass is 418 g/mol. The van der Waals surface area contributed by atoms with Crippen LogP contribution in [0.25, 0.3) is 0 Å². The highest BCUT2D eigenvalue weighted by Crippen LogP contribution is 2.25. The lowest BCUT2D eigenvalue weighted by atomic mass is 10.2. The van der Waals surface area contributed by atoms with Crippen LogP contribution in [0.5, 0.6) is 0 Å². The summed E-state index contributed by atoms with van der Waals surface area (Å²) in [7, 11) is -4.00. The summed E-state index contributed by atoms with van der Waals surface area (Å²) in [6, 6.07) is 16.0. The van der Waals surface area contributed by atoms with Crippen LogP contribution in [0.3, 0.4) is 0 Å². The van der Waals surface area contributed by atoms with E-state index in [1.54, 1.807) is 24.3 Å². The zero-order chi connectivity index (χ0) is 20.3. The first-order valence-corrected chi connectivity index (χ1v) is 10.1. The van der Waals surface area contributed by atoms with Crippen LogP contribution in [0, 0.1) is 12.7 Å². The van der Waals surface area contributed by atoms with Gasteiger partial charge >= 0.3 is 0 Å². The molecule has 0 fully saturated rings. The van der Waals surface area contributed by atoms with E-state index in [-0.39, 0.29) is 15.5 Å². The number of sulfonamides is 1. The van der Waals surface area contributed by atoms with E-state index in [0.29, 0.717) is 11.4 Å². The van der Waals surface area contributed by atoms with Crippen molar-refractivity contribution in [2.45, 2.75) is 11.8 Å². The number of carbonyl (C=O) groups is 1. The Kier molecular flexibility index (Phi) is 5.67. The highest BCUT2D eigenvalue weighted by molar-refractivity contribution is 7.92. The molecule has 0 unspecified atom stereocenters. The van der Waals surface area contributed by atoms with E-state index in [9.17, 15) is 17.6 Å². The predicted octanol–water partition coefficient (Wildman–Crippen LogP) is 4.84. The standard InChI is InChI=1S/C20H16ClFN2O3S/c1-13-2-7-17(8-3-13)24-28(26,27)19-12-14(4-11-18(19)21)20(25)23-16-9-5-15(22)6-10-16/h2-12,24H,1H3,(H,23,25). The molecule has 3 aromatic carbocycles. The zero-order valence-corrected chi connectivity index (χ0v) is 16.3. The Morgan fingerprint density at radius 2 is 1.54 bits per heavy atom. The van der Waals surface area contributed by atoms with Crippen molar-refractivity contribution in [1.82, 2.24) is 0 Å². The number of anilines is 2. The fourth-order valence-electron chi connectivity index (χ4n) is 2.42. The Labute approximate surface area is 167 Å². The van der Waals surface area contributed by atoms with E-state index in [1.165, 1.54) is 42.5 Å². The van der Waals surface area contributed by atoms with Gasteiger partial charge in [-0.15, -0.1) is 0 Å². The molecule has 0 bridgehead atoms. The SMILES string of the molecule is Cc1ccc(NS(=O)(=O)c2cc(C(=O)Nc3ccc(F)cc3)ccc2Cl)cc1. The van der Waals surface area contributed by atoms with Gasteiger partial charge < -0.3 is 5.32 Å². The molecule has 3 rings (SSSR count). The largest absolute Gasteiger partial charge is 0.322 e. The van der Waals surface area contributed by atoms with Crippen LogP contribution in [0.2, 0.25) is 5.02 Å². The third-order valence-electron chi connectivity index (χ3n) is 3.89. The van der Waals surface area contributed by atoms with Gasteiger partial charge in [0.15, 0.2) is 0 Å². The van der Waals surface area contributed by atoms with Gasteiger partial charge in [0.2, 0.25) is 0 Å². The molecule has 0 aliphatic rings. The minimum absolute atomic E-state index is 0.0158. The molecule has 144 valence electrons. The van der Waals surface area contributed by atoms with Crippen molar-refractivity contribution in [2.24, 2.45) is 0 Å². The van der Waals surface area contributed by atoms with Crippen molar-refractivity contribution >= 4 is 38.9 Å². The molecule has 0 radical (unpaired) electrons. The summed E-state index contributed by atoms with van der Waals surface area (Å²) in [5, 5.41) is 2.56. The molecule has 3 aromatic rings. The third kappa shape index (κ3) is 4.68. The summed E-state index contributed by atoms with van der Waals surface area (Å²) in [4.78, 5) is 12.2. The summed E-state index contributed by atoms with van der Waals surface area (Å²) in [6.45, 7) is 1.89. The minimum Gasteiger partial charge on any atom is -0.322 e. The number of hydrogen-bond donors (Lipinski definition) is 2. The lowest BCUT2D eigenvalue weighted by molar-refractivity contribution is 0.102. The molecular weight excluding hydrogens is 403 g/mol. The van der Waals surface area contributed by atoms with Crippen molar-refractivity contribution in [3.63, 3.8) is 0 Å². The summed E-state index contributed by atoms with van der Waals surface area (Å²) >= 11 is 6.06. The van der Waals surface area contributed by atoms with Crippen LogP contribution in [-0.2, 0) is 10.0 Å². The van der Waals surface area contributed by atoms with E-state index in [0.717, 1.165) is 5.56 Å². The Balaban J connectivity index is 1.86. The lowest BCUT2D eigenvalue weighted by Gasteiger charge is -2.12. The number of rotatable bonds is 5. The van der Waals surface area contributed by atoms with Crippen LogP contribution in [0.15, 0.2) is 71.6 Å². The molecular formula is C20H16ClFN2O3S. The molecule has 0 spiro atoms. The summed E-state index contributed by atoms with van der Waals surface area (Å²) in [5.41, 5.74) is 1.84. The van der Waals surface area contributed by atoms with Gasteiger partial charge in [0.1, 0.15) is 10.7 Å². The van der Waals surface area contributed by atoms with Crippen LogP contribution < -0.4 is 10.0 Å². The number of halogens is 2. The molecule has 0 saturated carbocycles. The number of benzene rings is 3. The molecule has 0 saturated heterocycles. The second-order valence-electron chi connectivity index (χ2n) is 6.08. The van der Waals surface area contributed by atoms with Gasteiger partial charge in [0.25, 0.3) is 15.9 Å². The van der Waals surface area contributed by atoms with Gasteiger partial charge in [-0.25, -0.2) is 12.8 Å². The number of nitrogens with one attached hydrogen (secondary N) is 2. The van der Waals surface area contributed by atoms with Crippen molar-refractivity contribution in [2.75, 3.05) is 10.0 Å². The average Bonchev–Trinajstić information content (AvgIpc) is 2.65. The number of aryl methyl sites for hydroxylation is 1. The van der Waals surface area contributed by atoms with Crippen LogP contribution in [0.4, 0.5) is 15.8 Å². The van der Waals surface area contributed by atoms with Gasteiger partial charge in [-0.05, 0) is 61.5 Å². The van der Waals surface area contributed by atoms with Crippen molar-refractivity contribution in [3.8, 4) is 0 Å². The summed E-state index contributed by atoms with van der Waals surface area (Å²) in [5.74, 6) is -0.977. The highest BCUT2D eigenvalue weighted by atomic mass is 35.5. The normalized spacial score (nSPS) is 11.1. The van der Waals surface area contributed by atoms with E-state index >= 15 is 0 Å². The summed E-state index contributed by atoms with van der Waals surface area (Å²) < 4.78 is 40.8. The first-order chi connectivity index (χ1) is 13.2. The Morgan fingerprint density at radius 3 is 2.18 bits per heavy atom. The van der Waals surface area contributed by atoms with Gasteiger partial charge in [-0.2, -0.15) is 0 Å². The van der Waals surface area contributed by atoms with Crippen LogP contribution >= 0.6 is 11.6 Å². The van der Waals surface area contributed by atoms with Gasteiger partial charge in [0, 0.05) is 16.9 Å². The third-order valence-corrected chi connectivity index (χ3v) is 5.75. The smallest absolute Gasteiger partial charge is 0.263 e. The Hall–Kier alpha value is -2.90. The quantitative estimate of drug-likeness (QED) is 0.622. The van der Waals surface area contributed by atoms with Crippen LogP contribution in [-0.4, -0.2) is 14.3 Å². The average molecular weight is 419 g/mol. The molecule has 0 heterocycles. The molecule has 0 aliphatic carbocycles. The first-order valence-electron chi connectivity index (χ1n) is 8.20. The van der Waals surface area contributed by atoms with E-state index < -0.39 is 21.7 Å². The Morgan fingerprint density at radius 1 is 0.929 bits per heavy atom. The lowest BCUT2D eigenvalue weighted by Crippen LogP contribution is -2.16. The molecule has 5 nitrogen and oxygen atoms in total. The molecule has 0 atom stereocenters. The predicted molar refractivity (Wildman–Crippen MR) is 108 cm³/mol. The topological polar surface area (TPSA) is 75.3 Å². The second kappa shape index (κ2) is 8.00. The maximum Gasteiger partial charge on any atom is 0.263 e. The fourth-order valence-corrected chi connectivity index (χ4v) is 4.00. The molecule has 0 aromatic heterocycles. The van der Waals surface area contributed by atoms with Crippen molar-refractivity contribution in [1.29, 1.82) is 0 Å². The zero-order valence-electron chi connectivity index (χ0n) is 14.7. The van der Waals surface area contributed by atoms with Crippen LogP contribution in [0.1, 0.15) is 15.9 Å². The second-order valence-corrected chi connectivity index (χ2v) is 8.14. The van der Waals surface area contributed by atoms with E-state index in [1.807, 2.05) is 6.92 Å². The van der Waals surface area contributed by atoms with Gasteiger partial charge in [0.05, 0.1) is 5.02 Å².